The molecule has 0 bridgehead atoms. The SMILES string of the molecule is C[C@H]1C[C@H](C)CN(S(=O)(=O)c2ccc(F)c(Cl)c2)C1. The molecule has 0 spiro atoms. The number of rotatable bonds is 2. The molecule has 2 atom stereocenters. The minimum Gasteiger partial charge on any atom is -0.207 e. The minimum absolute atomic E-state index is 0.0557. The van der Waals surface area contributed by atoms with Crippen LogP contribution in [0, 0.1) is 17.7 Å². The molecule has 2 rings (SSSR count). The van der Waals surface area contributed by atoms with Crippen LogP contribution in [0.25, 0.3) is 0 Å². The van der Waals surface area contributed by atoms with Crippen molar-refractivity contribution >= 4 is 21.6 Å². The average molecular weight is 306 g/mol. The third-order valence-electron chi connectivity index (χ3n) is 3.36. The molecule has 0 radical (unpaired) electrons. The first-order valence-corrected chi connectivity index (χ1v) is 8.07. The molecule has 1 aliphatic rings. The molecule has 0 aromatic heterocycles. The summed E-state index contributed by atoms with van der Waals surface area (Å²) in [7, 11) is -3.58. The van der Waals surface area contributed by atoms with Crippen LogP contribution in [-0.2, 0) is 10.0 Å². The molecule has 1 aliphatic heterocycles. The summed E-state index contributed by atoms with van der Waals surface area (Å²) in [5, 5.41) is -0.167. The highest BCUT2D eigenvalue weighted by Crippen LogP contribution is 2.28. The lowest BCUT2D eigenvalue weighted by molar-refractivity contribution is 0.222. The van der Waals surface area contributed by atoms with Gasteiger partial charge in [-0.05, 0) is 36.5 Å². The Morgan fingerprint density at radius 1 is 1.26 bits per heavy atom. The van der Waals surface area contributed by atoms with E-state index < -0.39 is 15.8 Å². The Balaban J connectivity index is 2.33. The summed E-state index contributed by atoms with van der Waals surface area (Å²) in [5.74, 6) is 0.0462. The van der Waals surface area contributed by atoms with Crippen LogP contribution < -0.4 is 0 Å². The Morgan fingerprint density at radius 3 is 2.37 bits per heavy atom. The summed E-state index contributed by atoms with van der Waals surface area (Å²) < 4.78 is 39.6. The van der Waals surface area contributed by atoms with Crippen LogP contribution in [0.5, 0.6) is 0 Å². The molecule has 1 saturated heterocycles. The summed E-state index contributed by atoms with van der Waals surface area (Å²) in [4.78, 5) is 0.0557. The molecule has 0 amide bonds. The number of hydrogen-bond donors (Lipinski definition) is 0. The molecule has 6 heteroatoms. The van der Waals surface area contributed by atoms with Crippen molar-refractivity contribution in [3.8, 4) is 0 Å². The first kappa shape index (κ1) is 14.8. The Morgan fingerprint density at radius 2 is 1.84 bits per heavy atom. The van der Waals surface area contributed by atoms with Gasteiger partial charge in [0.2, 0.25) is 10.0 Å². The third-order valence-corrected chi connectivity index (χ3v) is 5.48. The molecule has 19 heavy (non-hydrogen) atoms. The maximum Gasteiger partial charge on any atom is 0.243 e. The van der Waals surface area contributed by atoms with Gasteiger partial charge < -0.3 is 0 Å². The number of piperidine rings is 1. The van der Waals surface area contributed by atoms with E-state index in [2.05, 4.69) is 0 Å². The second-order valence-corrected chi connectivity index (χ2v) is 7.69. The quantitative estimate of drug-likeness (QED) is 0.842. The molecule has 1 fully saturated rings. The number of nitrogens with zero attached hydrogens (tertiary/aromatic N) is 1. The van der Waals surface area contributed by atoms with Crippen LogP contribution in [0.4, 0.5) is 4.39 Å². The largest absolute Gasteiger partial charge is 0.243 e. The molecule has 3 nitrogen and oxygen atoms in total. The second-order valence-electron chi connectivity index (χ2n) is 5.34. The van der Waals surface area contributed by atoms with Crippen LogP contribution >= 0.6 is 11.6 Å². The number of benzene rings is 1. The van der Waals surface area contributed by atoms with Crippen molar-refractivity contribution in [2.75, 3.05) is 13.1 Å². The van der Waals surface area contributed by atoms with Gasteiger partial charge in [-0.15, -0.1) is 0 Å². The molecular formula is C13H17ClFNO2S. The predicted molar refractivity (Wildman–Crippen MR) is 73.1 cm³/mol. The summed E-state index contributed by atoms with van der Waals surface area (Å²) in [6.07, 6.45) is 1.02. The molecular weight excluding hydrogens is 289 g/mol. The van der Waals surface area contributed by atoms with E-state index in [-0.39, 0.29) is 9.92 Å². The maximum atomic E-state index is 13.1. The highest BCUT2D eigenvalue weighted by molar-refractivity contribution is 7.89. The molecule has 0 unspecified atom stereocenters. The zero-order valence-corrected chi connectivity index (χ0v) is 12.5. The van der Waals surface area contributed by atoms with Crippen LogP contribution in [0.1, 0.15) is 20.3 Å². The van der Waals surface area contributed by atoms with E-state index in [4.69, 9.17) is 11.6 Å². The van der Waals surface area contributed by atoms with Gasteiger partial charge in [0.15, 0.2) is 0 Å². The number of hydrogen-bond acceptors (Lipinski definition) is 2. The zero-order valence-electron chi connectivity index (χ0n) is 10.9. The van der Waals surface area contributed by atoms with Gasteiger partial charge in [0, 0.05) is 13.1 Å². The Hall–Kier alpha value is -0.650. The normalized spacial score (nSPS) is 25.5. The van der Waals surface area contributed by atoms with Gasteiger partial charge in [0.1, 0.15) is 5.82 Å². The van der Waals surface area contributed by atoms with Crippen molar-refractivity contribution in [1.82, 2.24) is 4.31 Å². The average Bonchev–Trinajstić information content (AvgIpc) is 2.31. The van der Waals surface area contributed by atoms with Crippen LogP contribution in [0.3, 0.4) is 0 Å². The van der Waals surface area contributed by atoms with E-state index in [0.717, 1.165) is 12.5 Å². The van der Waals surface area contributed by atoms with Crippen LogP contribution in [0.2, 0.25) is 5.02 Å². The van der Waals surface area contributed by atoms with E-state index in [1.807, 2.05) is 13.8 Å². The van der Waals surface area contributed by atoms with E-state index in [1.54, 1.807) is 0 Å². The standard InChI is InChI=1S/C13H17ClFNO2S/c1-9-5-10(2)8-16(7-9)19(17,18)11-3-4-13(15)12(14)6-11/h3-4,6,9-10H,5,7-8H2,1-2H3/t9-,10-/m0/s1. The Kier molecular flexibility index (Phi) is 4.18. The molecule has 1 heterocycles. The van der Waals surface area contributed by atoms with E-state index in [1.165, 1.54) is 16.4 Å². The van der Waals surface area contributed by atoms with Gasteiger partial charge in [-0.3, -0.25) is 0 Å². The zero-order chi connectivity index (χ0) is 14.2. The molecule has 0 N–H and O–H groups in total. The summed E-state index contributed by atoms with van der Waals surface area (Å²) in [5.41, 5.74) is 0. The number of halogens is 2. The maximum absolute atomic E-state index is 13.1. The lowest BCUT2D eigenvalue weighted by Crippen LogP contribution is -2.42. The van der Waals surface area contributed by atoms with Crippen molar-refractivity contribution in [1.29, 1.82) is 0 Å². The van der Waals surface area contributed by atoms with Gasteiger partial charge >= 0.3 is 0 Å². The molecule has 0 aliphatic carbocycles. The predicted octanol–water partition coefficient (Wildman–Crippen LogP) is 3.15. The summed E-state index contributed by atoms with van der Waals surface area (Å²) in [6.45, 7) is 5.08. The Bertz CT molecular complexity index is 566. The Labute approximate surface area is 118 Å². The lowest BCUT2D eigenvalue weighted by atomic mass is 9.94. The van der Waals surface area contributed by atoms with Gasteiger partial charge in [-0.1, -0.05) is 25.4 Å². The molecule has 106 valence electrons. The van der Waals surface area contributed by atoms with Crippen molar-refractivity contribution in [2.24, 2.45) is 11.8 Å². The fraction of sp³-hybridized carbons (Fsp3) is 0.538. The lowest BCUT2D eigenvalue weighted by Gasteiger charge is -2.34. The topological polar surface area (TPSA) is 37.4 Å². The smallest absolute Gasteiger partial charge is 0.207 e. The van der Waals surface area contributed by atoms with Gasteiger partial charge in [0.25, 0.3) is 0 Å². The van der Waals surface area contributed by atoms with Crippen molar-refractivity contribution in [3.05, 3.63) is 29.0 Å². The van der Waals surface area contributed by atoms with Gasteiger partial charge in [-0.2, -0.15) is 4.31 Å². The van der Waals surface area contributed by atoms with E-state index in [0.29, 0.717) is 24.9 Å². The van der Waals surface area contributed by atoms with Crippen molar-refractivity contribution in [3.63, 3.8) is 0 Å². The third kappa shape index (κ3) is 3.09. The van der Waals surface area contributed by atoms with Gasteiger partial charge in [0.05, 0.1) is 9.92 Å². The highest BCUT2D eigenvalue weighted by atomic mass is 35.5. The van der Waals surface area contributed by atoms with Crippen LogP contribution in [0.15, 0.2) is 23.1 Å². The highest BCUT2D eigenvalue weighted by Gasteiger charge is 2.31. The summed E-state index contributed by atoms with van der Waals surface area (Å²) in [6, 6.07) is 3.53. The van der Waals surface area contributed by atoms with Crippen molar-refractivity contribution in [2.45, 2.75) is 25.2 Å². The summed E-state index contributed by atoms with van der Waals surface area (Å²) >= 11 is 5.66. The van der Waals surface area contributed by atoms with Crippen LogP contribution in [-0.4, -0.2) is 25.8 Å². The fourth-order valence-electron chi connectivity index (χ4n) is 2.59. The van der Waals surface area contributed by atoms with Gasteiger partial charge in [-0.25, -0.2) is 12.8 Å². The first-order valence-electron chi connectivity index (χ1n) is 6.26. The van der Waals surface area contributed by atoms with Crippen molar-refractivity contribution < 1.29 is 12.8 Å². The van der Waals surface area contributed by atoms with E-state index >= 15 is 0 Å². The molecule has 1 aromatic rings. The van der Waals surface area contributed by atoms with E-state index in [9.17, 15) is 12.8 Å². The molecule has 1 aromatic carbocycles. The monoisotopic (exact) mass is 305 g/mol. The minimum atomic E-state index is -3.58. The first-order chi connectivity index (χ1) is 8.80. The number of sulfonamides is 1. The molecule has 0 saturated carbocycles. The second kappa shape index (κ2) is 5.38. The fourth-order valence-corrected chi connectivity index (χ4v) is 4.54.